The van der Waals surface area contributed by atoms with Crippen LogP contribution in [0.1, 0.15) is 26.3 Å². The van der Waals surface area contributed by atoms with Crippen LogP contribution in [0, 0.1) is 0 Å². The number of ether oxygens (including phenoxy) is 2. The minimum Gasteiger partial charge on any atom is -0.493 e. The van der Waals surface area contributed by atoms with E-state index >= 15 is 0 Å². The third kappa shape index (κ3) is 5.57. The van der Waals surface area contributed by atoms with Gasteiger partial charge in [0, 0.05) is 18.7 Å². The molecule has 0 aliphatic heterocycles. The minimum absolute atomic E-state index is 0.0363. The summed E-state index contributed by atoms with van der Waals surface area (Å²) >= 11 is 1.34. The number of carbonyl (C=O) groups is 2. The largest absolute Gasteiger partial charge is 0.493 e. The van der Waals surface area contributed by atoms with Crippen molar-refractivity contribution in [2.75, 3.05) is 17.7 Å². The van der Waals surface area contributed by atoms with Gasteiger partial charge in [-0.1, -0.05) is 17.4 Å². The standard InChI is InChI=1S/C22H23N3O4S/c1-13(2)29-18-9-5-15(11-19(18)28-4)6-10-21(27)25-22-24-17-8-7-16(23-14(3)26)12-20(17)30-22/h5-13H,1-4H3,(H,23,26)(H,24,25,27)/b10-6+. The van der Waals surface area contributed by atoms with Crippen LogP contribution in [0.15, 0.2) is 42.5 Å². The number of fused-ring (bicyclic) bond motifs is 1. The Labute approximate surface area is 178 Å². The number of nitrogens with one attached hydrogen (secondary N) is 2. The maximum absolute atomic E-state index is 12.3. The van der Waals surface area contributed by atoms with Gasteiger partial charge in [-0.15, -0.1) is 0 Å². The smallest absolute Gasteiger partial charge is 0.250 e. The summed E-state index contributed by atoms with van der Waals surface area (Å²) in [5, 5.41) is 5.98. The average molecular weight is 426 g/mol. The van der Waals surface area contributed by atoms with Crippen LogP contribution >= 0.6 is 11.3 Å². The Balaban J connectivity index is 1.69. The van der Waals surface area contributed by atoms with Gasteiger partial charge in [-0.25, -0.2) is 4.98 Å². The number of hydrogen-bond acceptors (Lipinski definition) is 6. The third-order valence-electron chi connectivity index (χ3n) is 3.92. The van der Waals surface area contributed by atoms with E-state index in [1.54, 1.807) is 25.3 Å². The van der Waals surface area contributed by atoms with Gasteiger partial charge in [0.15, 0.2) is 16.6 Å². The lowest BCUT2D eigenvalue weighted by Crippen LogP contribution is -2.07. The van der Waals surface area contributed by atoms with E-state index in [0.717, 1.165) is 15.8 Å². The van der Waals surface area contributed by atoms with Crippen LogP contribution in [0.4, 0.5) is 10.8 Å². The minimum atomic E-state index is -0.294. The van der Waals surface area contributed by atoms with Crippen LogP contribution in [0.5, 0.6) is 11.5 Å². The Hall–Kier alpha value is -3.39. The van der Waals surface area contributed by atoms with E-state index in [0.29, 0.717) is 22.3 Å². The van der Waals surface area contributed by atoms with Crippen molar-refractivity contribution < 1.29 is 19.1 Å². The SMILES string of the molecule is COc1cc(/C=C/C(=O)Nc2nc3ccc(NC(C)=O)cc3s2)ccc1OC(C)C. The molecule has 2 amide bonds. The predicted octanol–water partition coefficient (Wildman–Crippen LogP) is 4.70. The zero-order valence-electron chi connectivity index (χ0n) is 17.2. The van der Waals surface area contributed by atoms with Gasteiger partial charge in [0.1, 0.15) is 0 Å². The molecule has 0 spiro atoms. The molecule has 3 aromatic rings. The molecule has 1 heterocycles. The van der Waals surface area contributed by atoms with E-state index < -0.39 is 0 Å². The maximum atomic E-state index is 12.3. The Morgan fingerprint density at radius 3 is 2.60 bits per heavy atom. The molecule has 0 saturated heterocycles. The van der Waals surface area contributed by atoms with Crippen LogP contribution < -0.4 is 20.1 Å². The Kier molecular flexibility index (Phi) is 6.68. The molecule has 7 nitrogen and oxygen atoms in total. The zero-order chi connectivity index (χ0) is 21.7. The van der Waals surface area contributed by atoms with Crippen molar-refractivity contribution in [1.82, 2.24) is 4.98 Å². The Morgan fingerprint density at radius 1 is 1.10 bits per heavy atom. The summed E-state index contributed by atoms with van der Waals surface area (Å²) < 4.78 is 11.9. The van der Waals surface area contributed by atoms with Crippen molar-refractivity contribution in [3.05, 3.63) is 48.0 Å². The summed E-state index contributed by atoms with van der Waals surface area (Å²) in [5.74, 6) is 0.824. The first-order chi connectivity index (χ1) is 14.3. The molecule has 0 fully saturated rings. The van der Waals surface area contributed by atoms with Crippen molar-refractivity contribution in [2.45, 2.75) is 26.9 Å². The molecule has 0 atom stereocenters. The molecular formula is C22H23N3O4S. The number of nitrogens with zero attached hydrogens (tertiary/aromatic N) is 1. The number of amides is 2. The van der Waals surface area contributed by atoms with Crippen LogP contribution in [0.3, 0.4) is 0 Å². The summed E-state index contributed by atoms with van der Waals surface area (Å²) in [6.45, 7) is 5.34. The van der Waals surface area contributed by atoms with Gasteiger partial charge in [-0.05, 0) is 55.8 Å². The first-order valence-corrected chi connectivity index (χ1v) is 10.2. The number of methoxy groups -OCH3 is 1. The van der Waals surface area contributed by atoms with Crippen molar-refractivity contribution in [3.63, 3.8) is 0 Å². The number of anilines is 2. The molecule has 0 saturated carbocycles. The van der Waals surface area contributed by atoms with Gasteiger partial charge in [0.05, 0.1) is 23.4 Å². The molecule has 0 aliphatic rings. The molecule has 2 aromatic carbocycles. The first-order valence-electron chi connectivity index (χ1n) is 9.36. The second-order valence-corrected chi connectivity index (χ2v) is 7.81. The van der Waals surface area contributed by atoms with E-state index in [2.05, 4.69) is 15.6 Å². The fraction of sp³-hybridized carbons (Fsp3) is 0.227. The molecule has 156 valence electrons. The molecule has 1 aromatic heterocycles. The highest BCUT2D eigenvalue weighted by Crippen LogP contribution is 2.30. The monoisotopic (exact) mass is 425 g/mol. The lowest BCUT2D eigenvalue weighted by Gasteiger charge is -2.13. The van der Waals surface area contributed by atoms with Crippen LogP contribution in [0.2, 0.25) is 0 Å². The highest BCUT2D eigenvalue weighted by atomic mass is 32.1. The number of hydrogen-bond donors (Lipinski definition) is 2. The number of rotatable bonds is 7. The molecule has 0 aliphatic carbocycles. The molecule has 0 radical (unpaired) electrons. The van der Waals surface area contributed by atoms with E-state index in [9.17, 15) is 9.59 Å². The lowest BCUT2D eigenvalue weighted by molar-refractivity contribution is -0.114. The van der Waals surface area contributed by atoms with Crippen LogP contribution in [-0.2, 0) is 9.59 Å². The fourth-order valence-corrected chi connectivity index (χ4v) is 3.63. The van der Waals surface area contributed by atoms with E-state index in [1.807, 2.05) is 38.1 Å². The number of thiazole rings is 1. The third-order valence-corrected chi connectivity index (χ3v) is 4.85. The zero-order valence-corrected chi connectivity index (χ0v) is 18.0. The molecule has 30 heavy (non-hydrogen) atoms. The van der Waals surface area contributed by atoms with E-state index in [-0.39, 0.29) is 17.9 Å². The van der Waals surface area contributed by atoms with Crippen LogP contribution in [0.25, 0.3) is 16.3 Å². The van der Waals surface area contributed by atoms with E-state index in [4.69, 9.17) is 9.47 Å². The summed E-state index contributed by atoms with van der Waals surface area (Å²) in [7, 11) is 1.58. The molecule has 3 rings (SSSR count). The maximum Gasteiger partial charge on any atom is 0.250 e. The summed E-state index contributed by atoms with van der Waals surface area (Å²) in [6, 6.07) is 10.9. The molecule has 8 heteroatoms. The van der Waals surface area contributed by atoms with Gasteiger partial charge < -0.3 is 14.8 Å². The van der Waals surface area contributed by atoms with Gasteiger partial charge in [0.25, 0.3) is 0 Å². The lowest BCUT2D eigenvalue weighted by atomic mass is 10.2. The average Bonchev–Trinajstić information content (AvgIpc) is 3.07. The highest BCUT2D eigenvalue weighted by Gasteiger charge is 2.09. The second-order valence-electron chi connectivity index (χ2n) is 6.78. The quantitative estimate of drug-likeness (QED) is 0.536. The van der Waals surface area contributed by atoms with Crippen molar-refractivity contribution in [1.29, 1.82) is 0 Å². The molecular weight excluding hydrogens is 402 g/mol. The van der Waals surface area contributed by atoms with Crippen molar-refractivity contribution >= 4 is 50.3 Å². The highest BCUT2D eigenvalue weighted by molar-refractivity contribution is 7.22. The van der Waals surface area contributed by atoms with Gasteiger partial charge in [-0.2, -0.15) is 0 Å². The van der Waals surface area contributed by atoms with Crippen LogP contribution in [-0.4, -0.2) is 30.0 Å². The first kappa shape index (κ1) is 21.3. The summed E-state index contributed by atoms with van der Waals surface area (Å²) in [5.41, 5.74) is 2.25. The van der Waals surface area contributed by atoms with Gasteiger partial charge in [-0.3, -0.25) is 14.9 Å². The van der Waals surface area contributed by atoms with Gasteiger partial charge >= 0.3 is 0 Å². The Bertz CT molecular complexity index is 1100. The number of carbonyl (C=O) groups excluding carboxylic acids is 2. The number of aromatic nitrogens is 1. The number of benzene rings is 2. The Morgan fingerprint density at radius 2 is 1.90 bits per heavy atom. The van der Waals surface area contributed by atoms with E-state index in [1.165, 1.54) is 24.3 Å². The molecule has 0 bridgehead atoms. The fourth-order valence-electron chi connectivity index (χ4n) is 2.72. The van der Waals surface area contributed by atoms with Crippen molar-refractivity contribution in [3.8, 4) is 11.5 Å². The molecule has 0 unspecified atom stereocenters. The molecule has 2 N–H and O–H groups in total. The second kappa shape index (κ2) is 9.41. The van der Waals surface area contributed by atoms with Gasteiger partial charge in [0.2, 0.25) is 11.8 Å². The van der Waals surface area contributed by atoms with Crippen molar-refractivity contribution in [2.24, 2.45) is 0 Å². The normalized spacial score (nSPS) is 11.1. The predicted molar refractivity (Wildman–Crippen MR) is 120 cm³/mol. The summed E-state index contributed by atoms with van der Waals surface area (Å²) in [6.07, 6.45) is 3.17. The topological polar surface area (TPSA) is 89.5 Å². The summed E-state index contributed by atoms with van der Waals surface area (Å²) in [4.78, 5) is 27.9.